The minimum Gasteiger partial charge on any atom is -0.477 e. The Morgan fingerprint density at radius 3 is 0.792 bits per heavy atom. The van der Waals surface area contributed by atoms with Gasteiger partial charge in [-0.05, 0) is 116 Å². The standard InChI is InChI=1S/C92H157NO8/c1-6-8-10-12-14-16-18-20-22-24-26-28-30-32-34-36-38-40-42-44-45-47-48-50-52-54-56-58-60-62-64-66-68-70-72-74-76-78-80-82-89(94)99-86-88(87-100-92(91(96)97)98-85-84-93(3,4)5)101-90(95)83-81-79-77-75-73-71-69-67-65-63-61-59-57-55-53-51-49-46-43-41-39-37-35-33-31-29-27-25-23-21-19-17-15-13-11-9-7-2/h8-11,14-17,20-23,26-29,33,35,39,41,46,49,53,55,88,92H,6-7,12-13,18-19,24-25,30-32,34,36-38,40,42-45,47-48,50-52,54,56-87H2,1-5H3/p+1/b10-8-,11-9-,16-14-,17-15-,22-20-,23-21-,28-26-,29-27-,35-33-,41-39-,49-46-,55-53-. The molecule has 0 aromatic carbocycles. The summed E-state index contributed by atoms with van der Waals surface area (Å²) >= 11 is 0. The maximum atomic E-state index is 13.0. The number of carboxylic acid groups (broad SMARTS) is 1. The molecule has 0 aliphatic carbocycles. The fourth-order valence-electron chi connectivity index (χ4n) is 11.8. The molecule has 0 heterocycles. The van der Waals surface area contributed by atoms with E-state index in [0.29, 0.717) is 23.9 Å². The third kappa shape index (κ3) is 82.3. The van der Waals surface area contributed by atoms with Crippen molar-refractivity contribution >= 4 is 17.9 Å². The molecule has 2 unspecified atom stereocenters. The summed E-state index contributed by atoms with van der Waals surface area (Å²) in [5.41, 5.74) is 0. The van der Waals surface area contributed by atoms with Gasteiger partial charge in [0.1, 0.15) is 13.2 Å². The minimum absolute atomic E-state index is 0.184. The maximum Gasteiger partial charge on any atom is 0.361 e. The highest BCUT2D eigenvalue weighted by Gasteiger charge is 2.25. The monoisotopic (exact) mass is 1410 g/mol. The number of allylic oxidation sites excluding steroid dienone is 24. The van der Waals surface area contributed by atoms with Gasteiger partial charge in [0.15, 0.2) is 6.10 Å². The SMILES string of the molecule is CC/C=C\C/C=C\C/C=C\C/C=C\C/C=C\C/C=C\C/C=C\C/C=C\CCCCCCCCCCCCCCC(=O)OC(COC(=O)CCCCCCCCCCCCCCCCCCCCCCCCCCCC/C=C\C/C=C\C/C=C\C/C=C\CC)COC(OCC[N+](C)(C)C)C(=O)O. The summed E-state index contributed by atoms with van der Waals surface area (Å²) in [7, 11) is 5.99. The quantitative estimate of drug-likeness (QED) is 0.0211. The van der Waals surface area contributed by atoms with Crippen LogP contribution in [0.3, 0.4) is 0 Å². The van der Waals surface area contributed by atoms with Gasteiger partial charge >= 0.3 is 17.9 Å². The van der Waals surface area contributed by atoms with Crippen LogP contribution >= 0.6 is 0 Å². The van der Waals surface area contributed by atoms with Crippen LogP contribution in [0, 0.1) is 0 Å². The number of likely N-dealkylation sites (N-methyl/N-ethyl adjacent to an activating group) is 1. The molecule has 0 bridgehead atoms. The lowest BCUT2D eigenvalue weighted by atomic mass is 10.0. The summed E-state index contributed by atoms with van der Waals surface area (Å²) in [6.45, 7) is 4.68. The second-order valence-corrected chi connectivity index (χ2v) is 29.0. The van der Waals surface area contributed by atoms with Crippen LogP contribution in [-0.4, -0.2) is 87.4 Å². The zero-order valence-electron chi connectivity index (χ0n) is 66.3. The van der Waals surface area contributed by atoms with Crippen molar-refractivity contribution in [1.82, 2.24) is 0 Å². The van der Waals surface area contributed by atoms with Gasteiger partial charge in [-0.15, -0.1) is 0 Å². The van der Waals surface area contributed by atoms with E-state index in [9.17, 15) is 19.5 Å². The molecule has 578 valence electrons. The molecule has 0 radical (unpaired) electrons. The molecule has 0 spiro atoms. The fourth-order valence-corrected chi connectivity index (χ4v) is 11.8. The first-order valence-electron chi connectivity index (χ1n) is 42.0. The van der Waals surface area contributed by atoms with Crippen LogP contribution in [0.2, 0.25) is 0 Å². The topological polar surface area (TPSA) is 108 Å². The van der Waals surface area contributed by atoms with Crippen molar-refractivity contribution in [2.24, 2.45) is 0 Å². The van der Waals surface area contributed by atoms with Crippen LogP contribution in [-0.2, 0) is 33.3 Å². The summed E-state index contributed by atoms with van der Waals surface area (Å²) < 4.78 is 23.1. The third-order valence-electron chi connectivity index (χ3n) is 18.1. The Labute approximate surface area is 623 Å². The Kier molecular flexibility index (Phi) is 77.0. The number of carboxylic acids is 1. The lowest BCUT2D eigenvalue weighted by molar-refractivity contribution is -0.870. The third-order valence-corrected chi connectivity index (χ3v) is 18.1. The van der Waals surface area contributed by atoms with E-state index >= 15 is 0 Å². The van der Waals surface area contributed by atoms with Crippen molar-refractivity contribution in [3.05, 3.63) is 146 Å². The van der Waals surface area contributed by atoms with Gasteiger partial charge in [0.2, 0.25) is 0 Å². The van der Waals surface area contributed by atoms with Crippen LogP contribution in [0.4, 0.5) is 0 Å². The predicted octanol–water partition coefficient (Wildman–Crippen LogP) is 27.4. The number of hydrogen-bond donors (Lipinski definition) is 1. The highest BCUT2D eigenvalue weighted by molar-refractivity contribution is 5.71. The number of nitrogens with zero attached hydrogens (tertiary/aromatic N) is 1. The zero-order chi connectivity index (χ0) is 73.2. The van der Waals surface area contributed by atoms with Gasteiger partial charge in [-0.3, -0.25) is 9.59 Å². The fraction of sp³-hybridized carbons (Fsp3) is 0.707. The molecule has 2 atom stereocenters. The largest absolute Gasteiger partial charge is 0.477 e. The van der Waals surface area contributed by atoms with Gasteiger partial charge in [-0.1, -0.05) is 378 Å². The lowest BCUT2D eigenvalue weighted by Gasteiger charge is -2.25. The normalized spacial score (nSPS) is 13.4. The molecular weight excluding hydrogens is 1250 g/mol. The summed E-state index contributed by atoms with van der Waals surface area (Å²) in [5.74, 6) is -2.00. The molecule has 9 nitrogen and oxygen atoms in total. The van der Waals surface area contributed by atoms with Gasteiger partial charge in [-0.25, -0.2) is 4.79 Å². The highest BCUT2D eigenvalue weighted by atomic mass is 16.7. The first-order chi connectivity index (χ1) is 49.6. The summed E-state index contributed by atoms with van der Waals surface area (Å²) in [5, 5.41) is 9.79. The number of esters is 2. The Bertz CT molecular complexity index is 2180. The van der Waals surface area contributed by atoms with E-state index in [1.165, 1.54) is 212 Å². The van der Waals surface area contributed by atoms with Crippen LogP contribution in [0.25, 0.3) is 0 Å². The number of aliphatic carboxylic acids is 1. The Morgan fingerprint density at radius 2 is 0.535 bits per heavy atom. The van der Waals surface area contributed by atoms with Crippen LogP contribution in [0.5, 0.6) is 0 Å². The second kappa shape index (κ2) is 80.8. The second-order valence-electron chi connectivity index (χ2n) is 29.0. The van der Waals surface area contributed by atoms with Crippen LogP contribution in [0.15, 0.2) is 146 Å². The molecule has 0 aromatic heterocycles. The Balaban J connectivity index is 4.00. The van der Waals surface area contributed by atoms with Gasteiger partial charge in [0.25, 0.3) is 6.29 Å². The van der Waals surface area contributed by atoms with E-state index in [-0.39, 0.29) is 32.2 Å². The van der Waals surface area contributed by atoms with Crippen LogP contribution < -0.4 is 0 Å². The minimum atomic E-state index is -1.52. The molecule has 0 aliphatic rings. The van der Waals surface area contributed by atoms with E-state index in [4.69, 9.17) is 18.9 Å². The van der Waals surface area contributed by atoms with Crippen molar-refractivity contribution in [3.8, 4) is 0 Å². The average Bonchev–Trinajstić information content (AvgIpc) is 1.25. The van der Waals surface area contributed by atoms with Crippen molar-refractivity contribution in [2.45, 2.75) is 373 Å². The van der Waals surface area contributed by atoms with E-state index in [1.807, 2.05) is 21.1 Å². The number of carbonyl (C=O) groups is 3. The lowest BCUT2D eigenvalue weighted by Crippen LogP contribution is -2.40. The Morgan fingerprint density at radius 1 is 0.297 bits per heavy atom. The maximum absolute atomic E-state index is 13.0. The average molecular weight is 1410 g/mol. The highest BCUT2D eigenvalue weighted by Crippen LogP contribution is 2.19. The van der Waals surface area contributed by atoms with Crippen molar-refractivity contribution < 1.29 is 42.9 Å². The first-order valence-corrected chi connectivity index (χ1v) is 42.0. The molecule has 101 heavy (non-hydrogen) atoms. The number of unbranched alkanes of at least 4 members (excludes halogenated alkanes) is 38. The molecule has 0 saturated heterocycles. The van der Waals surface area contributed by atoms with E-state index in [2.05, 4.69) is 160 Å². The summed E-state index contributed by atoms with van der Waals surface area (Å²) in [6, 6.07) is 0. The van der Waals surface area contributed by atoms with Crippen molar-refractivity contribution in [2.75, 3.05) is 47.5 Å². The van der Waals surface area contributed by atoms with Gasteiger partial charge in [-0.2, -0.15) is 0 Å². The number of ether oxygens (including phenoxy) is 4. The molecule has 0 aromatic rings. The predicted molar refractivity (Wildman–Crippen MR) is 437 cm³/mol. The molecule has 9 heteroatoms. The number of rotatable bonds is 77. The number of quaternary nitrogens is 1. The van der Waals surface area contributed by atoms with E-state index in [1.54, 1.807) is 0 Å². The molecule has 0 aliphatic heterocycles. The van der Waals surface area contributed by atoms with E-state index in [0.717, 1.165) is 116 Å². The molecule has 0 saturated carbocycles. The first kappa shape index (κ1) is 96.2. The van der Waals surface area contributed by atoms with Crippen molar-refractivity contribution in [3.63, 3.8) is 0 Å². The molecule has 0 fully saturated rings. The van der Waals surface area contributed by atoms with E-state index < -0.39 is 24.3 Å². The van der Waals surface area contributed by atoms with Gasteiger partial charge in [0, 0.05) is 12.8 Å². The van der Waals surface area contributed by atoms with Gasteiger partial charge < -0.3 is 28.5 Å². The number of carbonyl (C=O) groups excluding carboxylic acids is 2. The molecule has 1 N–H and O–H groups in total. The summed E-state index contributed by atoms with van der Waals surface area (Å²) in [4.78, 5) is 37.8. The van der Waals surface area contributed by atoms with Gasteiger partial charge in [0.05, 0.1) is 34.4 Å². The summed E-state index contributed by atoms with van der Waals surface area (Å²) in [6.07, 6.45) is 116. The number of hydrogen-bond acceptors (Lipinski definition) is 7. The molecular formula is C92H158NO8+. The Hall–Kier alpha value is -4.83. The van der Waals surface area contributed by atoms with Crippen molar-refractivity contribution in [1.29, 1.82) is 0 Å². The molecule has 0 rings (SSSR count). The smallest absolute Gasteiger partial charge is 0.361 e. The van der Waals surface area contributed by atoms with Crippen LogP contribution in [0.1, 0.15) is 361 Å². The zero-order valence-corrected chi connectivity index (χ0v) is 66.3. The molecule has 0 amide bonds.